The van der Waals surface area contributed by atoms with E-state index in [-0.39, 0.29) is 11.3 Å². The zero-order valence-electron chi connectivity index (χ0n) is 20.0. The Hall–Kier alpha value is -3.57. The Morgan fingerprint density at radius 3 is 2.63 bits per heavy atom. The van der Waals surface area contributed by atoms with Crippen LogP contribution in [0.15, 0.2) is 78.9 Å². The molecular weight excluding hydrogens is 436 g/mol. The van der Waals surface area contributed by atoms with E-state index in [0.29, 0.717) is 19.8 Å². The fourth-order valence-electron chi connectivity index (χ4n) is 5.02. The number of carbonyl (C=O) groups is 1. The lowest BCUT2D eigenvalue weighted by Gasteiger charge is -2.38. The van der Waals surface area contributed by atoms with Gasteiger partial charge in [-0.2, -0.15) is 0 Å². The SMILES string of the molecule is NCc1ccc2c(c1)C1(CCN(C(=O)/C=C/c3cccc(OCCc4ccccc4)c3)CC1)CO2. The van der Waals surface area contributed by atoms with Crippen molar-refractivity contribution in [2.45, 2.75) is 31.2 Å². The molecule has 0 aromatic heterocycles. The van der Waals surface area contributed by atoms with Crippen LogP contribution in [0.25, 0.3) is 6.08 Å². The molecule has 0 unspecified atom stereocenters. The van der Waals surface area contributed by atoms with Crippen molar-refractivity contribution in [1.29, 1.82) is 0 Å². The minimum Gasteiger partial charge on any atom is -0.493 e. The summed E-state index contributed by atoms with van der Waals surface area (Å²) in [6, 6.07) is 24.4. The van der Waals surface area contributed by atoms with Crippen LogP contribution in [-0.4, -0.2) is 37.1 Å². The van der Waals surface area contributed by atoms with Crippen LogP contribution in [0, 0.1) is 0 Å². The molecule has 1 saturated heterocycles. The lowest BCUT2D eigenvalue weighted by molar-refractivity contribution is -0.127. The molecule has 3 aromatic rings. The van der Waals surface area contributed by atoms with E-state index >= 15 is 0 Å². The molecule has 35 heavy (non-hydrogen) atoms. The number of nitrogens with two attached hydrogens (primary N) is 1. The lowest BCUT2D eigenvalue weighted by Crippen LogP contribution is -2.45. The molecule has 1 spiro atoms. The van der Waals surface area contributed by atoms with Gasteiger partial charge in [-0.3, -0.25) is 4.79 Å². The molecular formula is C30H32N2O3. The molecule has 0 radical (unpaired) electrons. The van der Waals surface area contributed by atoms with Crippen molar-refractivity contribution in [3.8, 4) is 11.5 Å². The Morgan fingerprint density at radius 2 is 1.83 bits per heavy atom. The summed E-state index contributed by atoms with van der Waals surface area (Å²) in [5.74, 6) is 1.82. The summed E-state index contributed by atoms with van der Waals surface area (Å²) in [7, 11) is 0. The Bertz CT molecular complexity index is 1200. The van der Waals surface area contributed by atoms with E-state index in [1.165, 1.54) is 11.1 Å². The molecule has 0 atom stereocenters. The van der Waals surface area contributed by atoms with Crippen molar-refractivity contribution in [3.63, 3.8) is 0 Å². The zero-order valence-corrected chi connectivity index (χ0v) is 20.0. The van der Waals surface area contributed by atoms with Crippen molar-refractivity contribution in [1.82, 2.24) is 4.90 Å². The maximum atomic E-state index is 12.9. The van der Waals surface area contributed by atoms with E-state index in [1.54, 1.807) is 6.08 Å². The summed E-state index contributed by atoms with van der Waals surface area (Å²) in [6.45, 7) is 3.28. The topological polar surface area (TPSA) is 64.8 Å². The van der Waals surface area contributed by atoms with Crippen LogP contribution in [0.3, 0.4) is 0 Å². The molecule has 3 aromatic carbocycles. The molecule has 1 amide bonds. The molecule has 2 N–H and O–H groups in total. The summed E-state index contributed by atoms with van der Waals surface area (Å²) in [6.07, 6.45) is 6.21. The number of benzene rings is 3. The molecule has 5 rings (SSSR count). The van der Waals surface area contributed by atoms with Crippen LogP contribution in [0.1, 0.15) is 35.1 Å². The first kappa shape index (κ1) is 23.2. The highest BCUT2D eigenvalue weighted by molar-refractivity contribution is 5.92. The van der Waals surface area contributed by atoms with E-state index < -0.39 is 0 Å². The fraction of sp³-hybridized carbons (Fsp3) is 0.300. The maximum absolute atomic E-state index is 12.9. The van der Waals surface area contributed by atoms with Gasteiger partial charge in [0.25, 0.3) is 0 Å². The Morgan fingerprint density at radius 1 is 1.00 bits per heavy atom. The van der Waals surface area contributed by atoms with Gasteiger partial charge in [-0.05, 0) is 53.8 Å². The van der Waals surface area contributed by atoms with Gasteiger partial charge in [-0.25, -0.2) is 0 Å². The second-order valence-corrected chi connectivity index (χ2v) is 9.42. The van der Waals surface area contributed by atoms with Crippen molar-refractivity contribution >= 4 is 12.0 Å². The van der Waals surface area contributed by atoms with Crippen molar-refractivity contribution in [2.75, 3.05) is 26.3 Å². The predicted molar refractivity (Wildman–Crippen MR) is 138 cm³/mol. The van der Waals surface area contributed by atoms with Crippen LogP contribution in [-0.2, 0) is 23.2 Å². The van der Waals surface area contributed by atoms with Crippen LogP contribution in [0.5, 0.6) is 11.5 Å². The first-order valence-corrected chi connectivity index (χ1v) is 12.4. The van der Waals surface area contributed by atoms with Gasteiger partial charge in [0.2, 0.25) is 5.91 Å². The van der Waals surface area contributed by atoms with Crippen LogP contribution >= 0.6 is 0 Å². The number of hydrogen-bond donors (Lipinski definition) is 1. The molecule has 1 fully saturated rings. The average molecular weight is 469 g/mol. The number of rotatable bonds is 7. The monoisotopic (exact) mass is 468 g/mol. The summed E-state index contributed by atoms with van der Waals surface area (Å²) in [5, 5.41) is 0. The second kappa shape index (κ2) is 10.4. The Kier molecular flexibility index (Phi) is 6.87. The van der Waals surface area contributed by atoms with Crippen LogP contribution < -0.4 is 15.2 Å². The molecule has 2 aliphatic rings. The van der Waals surface area contributed by atoms with Gasteiger partial charge in [0.1, 0.15) is 11.5 Å². The second-order valence-electron chi connectivity index (χ2n) is 9.42. The van der Waals surface area contributed by atoms with Crippen LogP contribution in [0.4, 0.5) is 0 Å². The zero-order chi connectivity index (χ0) is 24.1. The number of piperidine rings is 1. The summed E-state index contributed by atoms with van der Waals surface area (Å²) < 4.78 is 11.9. The van der Waals surface area contributed by atoms with Gasteiger partial charge in [-0.15, -0.1) is 0 Å². The molecule has 2 heterocycles. The highest BCUT2D eigenvalue weighted by Crippen LogP contribution is 2.45. The first-order chi connectivity index (χ1) is 17.1. The van der Waals surface area contributed by atoms with Crippen molar-refractivity contribution in [2.24, 2.45) is 5.73 Å². The van der Waals surface area contributed by atoms with Gasteiger partial charge in [0, 0.05) is 43.1 Å². The molecule has 5 nitrogen and oxygen atoms in total. The summed E-state index contributed by atoms with van der Waals surface area (Å²) >= 11 is 0. The lowest BCUT2D eigenvalue weighted by atomic mass is 9.74. The third kappa shape index (κ3) is 5.25. The van der Waals surface area contributed by atoms with Crippen molar-refractivity contribution in [3.05, 3.63) is 101 Å². The highest BCUT2D eigenvalue weighted by atomic mass is 16.5. The van der Waals surface area contributed by atoms with E-state index in [1.807, 2.05) is 65.6 Å². The van der Waals surface area contributed by atoms with E-state index in [2.05, 4.69) is 18.2 Å². The summed E-state index contributed by atoms with van der Waals surface area (Å²) in [5.41, 5.74) is 10.4. The molecule has 5 heteroatoms. The van der Waals surface area contributed by atoms with E-state index in [4.69, 9.17) is 15.2 Å². The molecule has 0 aliphatic carbocycles. The van der Waals surface area contributed by atoms with Crippen molar-refractivity contribution < 1.29 is 14.3 Å². The number of amides is 1. The quantitative estimate of drug-likeness (QED) is 0.509. The van der Waals surface area contributed by atoms with Gasteiger partial charge < -0.3 is 20.1 Å². The van der Waals surface area contributed by atoms with E-state index in [9.17, 15) is 4.79 Å². The number of hydrogen-bond acceptors (Lipinski definition) is 4. The largest absolute Gasteiger partial charge is 0.493 e. The third-order valence-electron chi connectivity index (χ3n) is 7.17. The Labute approximate surface area is 207 Å². The number of carbonyl (C=O) groups excluding carboxylic acids is 1. The minimum atomic E-state index is -0.00751. The van der Waals surface area contributed by atoms with Gasteiger partial charge in [0.05, 0.1) is 13.2 Å². The maximum Gasteiger partial charge on any atom is 0.246 e. The minimum absolute atomic E-state index is 0.00751. The molecule has 180 valence electrons. The van der Waals surface area contributed by atoms with Crippen LogP contribution in [0.2, 0.25) is 0 Å². The Balaban J connectivity index is 1.15. The summed E-state index contributed by atoms with van der Waals surface area (Å²) in [4.78, 5) is 14.8. The highest BCUT2D eigenvalue weighted by Gasteiger charge is 2.43. The predicted octanol–water partition coefficient (Wildman–Crippen LogP) is 4.73. The van der Waals surface area contributed by atoms with Gasteiger partial charge in [0.15, 0.2) is 0 Å². The average Bonchev–Trinajstić information content (AvgIpc) is 3.25. The van der Waals surface area contributed by atoms with Gasteiger partial charge >= 0.3 is 0 Å². The first-order valence-electron chi connectivity index (χ1n) is 12.4. The van der Waals surface area contributed by atoms with E-state index in [0.717, 1.165) is 55.0 Å². The van der Waals surface area contributed by atoms with Gasteiger partial charge in [-0.1, -0.05) is 54.6 Å². The molecule has 0 saturated carbocycles. The standard InChI is InChI=1S/C30H32N2O3/c31-21-25-9-11-28-27(20-25)30(22-35-28)14-16-32(17-15-30)29(33)12-10-24-7-4-8-26(19-24)34-18-13-23-5-2-1-3-6-23/h1-12,19-20H,13-18,21-22,31H2/b12-10+. The smallest absolute Gasteiger partial charge is 0.246 e. The number of ether oxygens (including phenoxy) is 2. The molecule has 0 bridgehead atoms. The molecule has 2 aliphatic heterocycles. The fourth-order valence-corrected chi connectivity index (χ4v) is 5.02. The third-order valence-corrected chi connectivity index (χ3v) is 7.17. The number of nitrogens with zero attached hydrogens (tertiary/aromatic N) is 1. The number of fused-ring (bicyclic) bond motifs is 2. The number of likely N-dealkylation sites (tertiary alicyclic amines) is 1. The normalized spacial score (nSPS) is 16.3.